The molecule has 10 heavy (non-hydrogen) atoms. The highest BCUT2D eigenvalue weighted by atomic mass is 16.6. The summed E-state index contributed by atoms with van der Waals surface area (Å²) < 4.78 is 13.8. The first-order chi connectivity index (χ1) is 5.52. The molecule has 5 nitrogen and oxygen atoms in total. The zero-order valence-corrected chi connectivity index (χ0v) is 4.77. The normalized spacial score (nSPS) is 12.0. The molecule has 0 bridgehead atoms. The Morgan fingerprint density at radius 2 is 2.10 bits per heavy atom. The fourth-order valence-electron chi connectivity index (χ4n) is 0.434. The predicted molar refractivity (Wildman–Crippen MR) is 32.1 cm³/mol. The molecule has 0 spiro atoms. The summed E-state index contributed by atoms with van der Waals surface area (Å²) in [5, 5.41) is 20.8. The second kappa shape index (κ2) is 2.30. The maximum absolute atomic E-state index is 10.7. The van der Waals surface area contributed by atoms with E-state index < -0.39 is 23.0 Å². The van der Waals surface area contributed by atoms with Crippen molar-refractivity contribution in [1.82, 2.24) is 0 Å². The molecule has 1 aromatic rings. The Kier molecular flexibility index (Phi) is 0.969. The van der Waals surface area contributed by atoms with E-state index in [4.69, 9.17) is 2.74 Å². The van der Waals surface area contributed by atoms with E-state index >= 15 is 0 Å². The second-order valence-corrected chi connectivity index (χ2v) is 1.52. The minimum absolute atomic E-state index is 0.00694. The molecule has 0 atom stereocenters. The Labute approximate surface area is 59.1 Å². The number of nitro groups is 1. The van der Waals surface area contributed by atoms with Crippen molar-refractivity contribution in [2.75, 3.05) is 0 Å². The van der Waals surface area contributed by atoms with Gasteiger partial charge in [0.1, 0.15) is 2.74 Å². The van der Waals surface area contributed by atoms with Crippen LogP contribution in [0.5, 0.6) is 0 Å². The smallest absolute Gasteiger partial charge is 0.281 e. The summed E-state index contributed by atoms with van der Waals surface area (Å²) in [5.41, 5.74) is -0.419. The molecule has 0 fully saturated rings. The van der Waals surface area contributed by atoms with E-state index in [0.29, 0.717) is 0 Å². The maximum atomic E-state index is 10.7. The molecule has 1 heterocycles. The SMILES string of the molecule is [2H]c1cc([N+](=O)[O-])cc([2H])[n+]1[O-]. The Morgan fingerprint density at radius 1 is 1.60 bits per heavy atom. The van der Waals surface area contributed by atoms with Gasteiger partial charge in [0.25, 0.3) is 5.69 Å². The lowest BCUT2D eigenvalue weighted by molar-refractivity contribution is -0.606. The van der Waals surface area contributed by atoms with E-state index in [1.54, 1.807) is 0 Å². The quantitative estimate of drug-likeness (QED) is 0.244. The molecule has 0 aliphatic heterocycles. The van der Waals surface area contributed by atoms with Gasteiger partial charge >= 0.3 is 0 Å². The lowest BCUT2D eigenvalue weighted by atomic mass is 10.4. The fraction of sp³-hybridized carbons (Fsp3) is 0. The number of nitrogens with zero attached hydrogens (tertiary/aromatic N) is 2. The molecular formula is C5H4N2O3. The second-order valence-electron chi connectivity index (χ2n) is 1.52. The molecule has 5 heteroatoms. The van der Waals surface area contributed by atoms with Gasteiger partial charge in [-0.05, 0) is 0 Å². The molecule has 0 radical (unpaired) electrons. The fourth-order valence-corrected chi connectivity index (χ4v) is 0.434. The van der Waals surface area contributed by atoms with Gasteiger partial charge in [-0.1, -0.05) is 0 Å². The third-order valence-corrected chi connectivity index (χ3v) is 0.870. The third-order valence-electron chi connectivity index (χ3n) is 0.870. The van der Waals surface area contributed by atoms with Gasteiger partial charge in [-0.25, -0.2) is 0 Å². The average molecular weight is 142 g/mol. The molecular weight excluding hydrogens is 136 g/mol. The highest BCUT2D eigenvalue weighted by Crippen LogP contribution is 2.04. The van der Waals surface area contributed by atoms with Crippen LogP contribution in [-0.4, -0.2) is 4.92 Å². The monoisotopic (exact) mass is 142 g/mol. The van der Waals surface area contributed by atoms with Crippen LogP contribution in [0.3, 0.4) is 0 Å². The summed E-state index contributed by atoms with van der Waals surface area (Å²) in [6, 6.07) is 1.59. The summed E-state index contributed by atoms with van der Waals surface area (Å²) in [5.74, 6) is 0. The van der Waals surface area contributed by atoms with Crippen molar-refractivity contribution >= 4 is 5.69 Å². The molecule has 0 aromatic carbocycles. The highest BCUT2D eigenvalue weighted by molar-refractivity contribution is 5.23. The van der Waals surface area contributed by atoms with Crippen LogP contribution in [0.2, 0.25) is 0 Å². The van der Waals surface area contributed by atoms with E-state index in [9.17, 15) is 15.3 Å². The minimum atomic E-state index is -0.754. The van der Waals surface area contributed by atoms with Crippen molar-refractivity contribution in [3.63, 3.8) is 0 Å². The Hall–Kier alpha value is -1.65. The predicted octanol–water partition coefficient (Wildman–Crippen LogP) is 0.228. The molecule has 52 valence electrons. The maximum Gasteiger partial charge on any atom is 0.281 e. The molecule has 1 aromatic heterocycles. The summed E-state index contributed by atoms with van der Waals surface area (Å²) in [6.07, 6.45) is -1.21. The van der Waals surface area contributed by atoms with Crippen LogP contribution in [0.25, 0.3) is 0 Å². The van der Waals surface area contributed by atoms with E-state index in [1.807, 2.05) is 0 Å². The lowest BCUT2D eigenvalue weighted by Gasteiger charge is -1.91. The van der Waals surface area contributed by atoms with Crippen molar-refractivity contribution < 1.29 is 12.4 Å². The summed E-state index contributed by atoms with van der Waals surface area (Å²) in [7, 11) is 0. The van der Waals surface area contributed by atoms with Gasteiger partial charge < -0.3 is 5.21 Å². The van der Waals surface area contributed by atoms with Gasteiger partial charge in [-0.3, -0.25) is 10.1 Å². The minimum Gasteiger partial charge on any atom is -0.619 e. The number of pyridine rings is 1. The van der Waals surface area contributed by atoms with Gasteiger partial charge in [-0.2, -0.15) is 4.73 Å². The van der Waals surface area contributed by atoms with Crippen LogP contribution in [0.4, 0.5) is 5.69 Å². The van der Waals surface area contributed by atoms with Crippen LogP contribution in [0.1, 0.15) is 2.74 Å². The standard InChI is InChI=1S/C5H4N2O3/c8-6-3-1-5(2-4-6)7(9)10/h1-4H/i3D,4D. The van der Waals surface area contributed by atoms with Crippen molar-refractivity contribution in [3.05, 3.63) is 39.8 Å². The molecule has 1 rings (SSSR count). The first-order valence-corrected chi connectivity index (χ1v) is 2.37. The Morgan fingerprint density at radius 3 is 2.50 bits per heavy atom. The van der Waals surface area contributed by atoms with Gasteiger partial charge in [0.2, 0.25) is 0 Å². The number of hydrogen-bond acceptors (Lipinski definition) is 3. The molecule has 0 aliphatic rings. The van der Waals surface area contributed by atoms with E-state index in [1.165, 1.54) is 0 Å². The molecule has 0 amide bonds. The number of hydrogen-bond donors (Lipinski definition) is 0. The highest BCUT2D eigenvalue weighted by Gasteiger charge is 2.03. The van der Waals surface area contributed by atoms with Crippen LogP contribution < -0.4 is 4.73 Å². The molecule has 0 N–H and O–H groups in total. The average Bonchev–Trinajstić information content (AvgIpc) is 1.99. The number of rotatable bonds is 1. The zero-order valence-electron chi connectivity index (χ0n) is 6.77. The summed E-state index contributed by atoms with van der Waals surface area (Å²) >= 11 is 0. The first-order valence-electron chi connectivity index (χ1n) is 3.37. The van der Waals surface area contributed by atoms with Gasteiger partial charge in [0, 0.05) is 0 Å². The van der Waals surface area contributed by atoms with Crippen LogP contribution in [0.15, 0.2) is 24.5 Å². The van der Waals surface area contributed by atoms with Gasteiger partial charge in [-0.15, -0.1) is 0 Å². The first kappa shape index (κ1) is 4.21. The topological polar surface area (TPSA) is 70.1 Å². The molecule has 0 saturated heterocycles. The van der Waals surface area contributed by atoms with Crippen LogP contribution >= 0.6 is 0 Å². The number of aromatic nitrogens is 1. The molecule has 0 saturated carbocycles. The largest absolute Gasteiger partial charge is 0.619 e. The Bertz CT molecular complexity index is 318. The van der Waals surface area contributed by atoms with Crippen molar-refractivity contribution in [2.24, 2.45) is 0 Å². The van der Waals surface area contributed by atoms with E-state index in [2.05, 4.69) is 0 Å². The van der Waals surface area contributed by atoms with Crippen molar-refractivity contribution in [3.8, 4) is 0 Å². The molecule has 0 aliphatic carbocycles. The molecule has 0 unspecified atom stereocenters. The van der Waals surface area contributed by atoms with Crippen LogP contribution in [-0.2, 0) is 0 Å². The summed E-state index contributed by atoms with van der Waals surface area (Å²) in [6.45, 7) is 0. The zero-order chi connectivity index (χ0) is 9.30. The van der Waals surface area contributed by atoms with Crippen molar-refractivity contribution in [2.45, 2.75) is 0 Å². The lowest BCUT2D eigenvalue weighted by Crippen LogP contribution is -2.23. The van der Waals surface area contributed by atoms with Crippen LogP contribution in [0, 0.1) is 15.3 Å². The summed E-state index contributed by atoms with van der Waals surface area (Å²) in [4.78, 5) is 9.39. The Balaban J connectivity index is 3.31. The van der Waals surface area contributed by atoms with Gasteiger partial charge in [0.15, 0.2) is 12.3 Å². The van der Waals surface area contributed by atoms with E-state index in [-0.39, 0.29) is 4.73 Å². The third kappa shape index (κ3) is 1.19. The van der Waals surface area contributed by atoms with Crippen molar-refractivity contribution in [1.29, 1.82) is 0 Å². The van der Waals surface area contributed by atoms with E-state index in [0.717, 1.165) is 12.1 Å². The van der Waals surface area contributed by atoms with Gasteiger partial charge in [0.05, 0.1) is 17.1 Å².